The number of benzene rings is 2. The molecule has 0 aliphatic carbocycles. The first-order valence-electron chi connectivity index (χ1n) is 8.81. The van der Waals surface area contributed by atoms with Gasteiger partial charge in [0.05, 0.1) is 6.10 Å². The molecule has 25 heavy (non-hydrogen) atoms. The lowest BCUT2D eigenvalue weighted by Crippen LogP contribution is -2.43. The van der Waals surface area contributed by atoms with E-state index in [2.05, 4.69) is 15.5 Å². The van der Waals surface area contributed by atoms with E-state index in [1.165, 1.54) is 5.69 Å². The van der Waals surface area contributed by atoms with E-state index in [0.717, 1.165) is 37.4 Å². The van der Waals surface area contributed by atoms with Gasteiger partial charge in [0.1, 0.15) is 0 Å². The third-order valence-corrected chi connectivity index (χ3v) is 4.46. The molecule has 0 saturated carbocycles. The number of carbonyl (C=O) groups excluding carboxylic acids is 1. The largest absolute Gasteiger partial charge is 0.388 e. The van der Waals surface area contributed by atoms with Gasteiger partial charge in [-0.15, -0.1) is 0 Å². The highest BCUT2D eigenvalue weighted by atomic mass is 16.3. The summed E-state index contributed by atoms with van der Waals surface area (Å²) in [6.07, 6.45) is 0.0895. The fourth-order valence-electron chi connectivity index (χ4n) is 3.01. The van der Waals surface area contributed by atoms with Crippen LogP contribution in [0.25, 0.3) is 0 Å². The molecule has 2 aromatic carbocycles. The van der Waals surface area contributed by atoms with Crippen LogP contribution in [-0.4, -0.2) is 37.2 Å². The zero-order valence-corrected chi connectivity index (χ0v) is 14.3. The second kappa shape index (κ2) is 8.65. The summed E-state index contributed by atoms with van der Waals surface area (Å²) in [5.74, 6) is -0.0788. The van der Waals surface area contributed by atoms with Crippen LogP contribution >= 0.6 is 0 Å². The van der Waals surface area contributed by atoms with Crippen LogP contribution < -0.4 is 15.5 Å². The maximum absolute atomic E-state index is 12.1. The number of nitrogens with one attached hydrogen (secondary N) is 2. The molecule has 2 aromatic rings. The third kappa shape index (κ3) is 5.05. The molecule has 3 N–H and O–H groups in total. The fourth-order valence-corrected chi connectivity index (χ4v) is 3.01. The van der Waals surface area contributed by atoms with Crippen LogP contribution in [0.15, 0.2) is 54.6 Å². The number of rotatable bonds is 6. The first-order chi connectivity index (χ1) is 12.2. The monoisotopic (exact) mass is 339 g/mol. The lowest BCUT2D eigenvalue weighted by Gasteiger charge is -2.29. The number of aliphatic hydroxyl groups excluding tert-OH is 1. The Morgan fingerprint density at radius 2 is 1.76 bits per heavy atom. The molecule has 3 rings (SSSR count). The highest BCUT2D eigenvalue weighted by molar-refractivity contribution is 5.90. The predicted octanol–water partition coefficient (Wildman–Crippen LogP) is 2.55. The molecule has 0 radical (unpaired) electrons. The Kier molecular flexibility index (Phi) is 6.04. The molecule has 0 spiro atoms. The standard InChI is InChI=1S/C20H25N3O2/c24-19(16-4-2-1-3-5-16)10-11-20(25)22-17-6-8-18(9-7-17)23-14-12-21-13-15-23/h1-9,19,21,24H,10-15H2,(H,22,25). The van der Waals surface area contributed by atoms with Crippen molar-refractivity contribution in [1.82, 2.24) is 5.32 Å². The number of nitrogens with zero attached hydrogens (tertiary/aromatic N) is 1. The number of anilines is 2. The molecule has 1 fully saturated rings. The third-order valence-electron chi connectivity index (χ3n) is 4.46. The number of hydrogen-bond donors (Lipinski definition) is 3. The van der Waals surface area contributed by atoms with E-state index in [9.17, 15) is 9.90 Å². The number of amides is 1. The molecule has 5 nitrogen and oxygen atoms in total. The van der Waals surface area contributed by atoms with Crippen molar-refractivity contribution in [3.8, 4) is 0 Å². The number of carbonyl (C=O) groups is 1. The van der Waals surface area contributed by atoms with Gasteiger partial charge < -0.3 is 20.6 Å². The van der Waals surface area contributed by atoms with E-state index in [1.807, 2.05) is 54.6 Å². The minimum Gasteiger partial charge on any atom is -0.388 e. The molecule has 132 valence electrons. The molecule has 5 heteroatoms. The predicted molar refractivity (Wildman–Crippen MR) is 101 cm³/mol. The molecular weight excluding hydrogens is 314 g/mol. The Morgan fingerprint density at radius 3 is 2.44 bits per heavy atom. The smallest absolute Gasteiger partial charge is 0.224 e. The van der Waals surface area contributed by atoms with E-state index in [1.54, 1.807) is 0 Å². The summed E-state index contributed by atoms with van der Waals surface area (Å²) in [4.78, 5) is 14.4. The minimum atomic E-state index is -0.609. The van der Waals surface area contributed by atoms with E-state index >= 15 is 0 Å². The van der Waals surface area contributed by atoms with Gasteiger partial charge in [0, 0.05) is 44.0 Å². The molecule has 1 aliphatic heterocycles. The summed E-state index contributed by atoms with van der Waals surface area (Å²) >= 11 is 0. The second-order valence-electron chi connectivity index (χ2n) is 6.30. The van der Waals surface area contributed by atoms with Crippen molar-refractivity contribution in [2.24, 2.45) is 0 Å². The van der Waals surface area contributed by atoms with Crippen molar-refractivity contribution < 1.29 is 9.90 Å². The number of piperazine rings is 1. The molecule has 1 unspecified atom stereocenters. The second-order valence-corrected chi connectivity index (χ2v) is 6.30. The Labute approximate surface area is 148 Å². The van der Waals surface area contributed by atoms with Crippen LogP contribution in [0.4, 0.5) is 11.4 Å². The molecule has 1 heterocycles. The average molecular weight is 339 g/mol. The molecule has 0 aromatic heterocycles. The van der Waals surface area contributed by atoms with E-state index in [-0.39, 0.29) is 12.3 Å². The van der Waals surface area contributed by atoms with Crippen molar-refractivity contribution in [2.75, 3.05) is 36.4 Å². The highest BCUT2D eigenvalue weighted by Crippen LogP contribution is 2.20. The Morgan fingerprint density at radius 1 is 1.08 bits per heavy atom. The van der Waals surface area contributed by atoms with Crippen LogP contribution in [0, 0.1) is 0 Å². The summed E-state index contributed by atoms with van der Waals surface area (Å²) in [6.45, 7) is 4.01. The molecule has 1 amide bonds. The maximum Gasteiger partial charge on any atom is 0.224 e. The zero-order chi connectivity index (χ0) is 17.5. The SMILES string of the molecule is O=C(CCC(O)c1ccccc1)Nc1ccc(N2CCNCC2)cc1. The van der Waals surface area contributed by atoms with Gasteiger partial charge in [0.2, 0.25) is 5.91 Å². The quantitative estimate of drug-likeness (QED) is 0.757. The lowest BCUT2D eigenvalue weighted by molar-refractivity contribution is -0.116. The van der Waals surface area contributed by atoms with Gasteiger partial charge in [-0.25, -0.2) is 0 Å². The normalized spacial score (nSPS) is 15.6. The Bertz CT molecular complexity index is 667. The van der Waals surface area contributed by atoms with Gasteiger partial charge in [0.25, 0.3) is 0 Å². The average Bonchev–Trinajstić information content (AvgIpc) is 2.68. The van der Waals surface area contributed by atoms with Crippen LogP contribution in [0.2, 0.25) is 0 Å². The maximum atomic E-state index is 12.1. The van der Waals surface area contributed by atoms with Gasteiger partial charge in [-0.2, -0.15) is 0 Å². The summed E-state index contributed by atoms with van der Waals surface area (Å²) < 4.78 is 0. The Hall–Kier alpha value is -2.37. The van der Waals surface area contributed by atoms with Crippen LogP contribution in [-0.2, 0) is 4.79 Å². The molecule has 1 atom stereocenters. The molecule has 1 aliphatic rings. The van der Waals surface area contributed by atoms with Crippen molar-refractivity contribution in [3.05, 3.63) is 60.2 Å². The minimum absolute atomic E-state index is 0.0788. The highest BCUT2D eigenvalue weighted by Gasteiger charge is 2.12. The van der Waals surface area contributed by atoms with Crippen LogP contribution in [0.5, 0.6) is 0 Å². The van der Waals surface area contributed by atoms with Gasteiger partial charge in [-0.1, -0.05) is 30.3 Å². The molecule has 1 saturated heterocycles. The van der Waals surface area contributed by atoms with E-state index in [4.69, 9.17) is 0 Å². The first kappa shape index (κ1) is 17.5. The van der Waals surface area contributed by atoms with Crippen molar-refractivity contribution in [2.45, 2.75) is 18.9 Å². The van der Waals surface area contributed by atoms with Gasteiger partial charge in [-0.05, 0) is 36.2 Å². The van der Waals surface area contributed by atoms with Gasteiger partial charge >= 0.3 is 0 Å². The Balaban J connectivity index is 1.47. The van der Waals surface area contributed by atoms with Crippen LogP contribution in [0.1, 0.15) is 24.5 Å². The van der Waals surface area contributed by atoms with Crippen LogP contribution in [0.3, 0.4) is 0 Å². The molecule has 0 bridgehead atoms. The van der Waals surface area contributed by atoms with Crippen molar-refractivity contribution >= 4 is 17.3 Å². The summed E-state index contributed by atoms with van der Waals surface area (Å²) in [6, 6.07) is 17.4. The van der Waals surface area contributed by atoms with E-state index in [0.29, 0.717) is 6.42 Å². The van der Waals surface area contributed by atoms with Crippen molar-refractivity contribution in [3.63, 3.8) is 0 Å². The number of hydrogen-bond acceptors (Lipinski definition) is 4. The molecular formula is C20H25N3O2. The summed E-state index contributed by atoms with van der Waals surface area (Å²) in [5, 5.41) is 16.4. The summed E-state index contributed by atoms with van der Waals surface area (Å²) in [5.41, 5.74) is 2.81. The van der Waals surface area contributed by atoms with E-state index < -0.39 is 6.10 Å². The van der Waals surface area contributed by atoms with Crippen molar-refractivity contribution in [1.29, 1.82) is 0 Å². The first-order valence-corrected chi connectivity index (χ1v) is 8.81. The topological polar surface area (TPSA) is 64.6 Å². The fraction of sp³-hybridized carbons (Fsp3) is 0.350. The number of aliphatic hydroxyl groups is 1. The summed E-state index contributed by atoms with van der Waals surface area (Å²) in [7, 11) is 0. The van der Waals surface area contributed by atoms with Gasteiger partial charge in [0.15, 0.2) is 0 Å². The zero-order valence-electron chi connectivity index (χ0n) is 14.3. The lowest BCUT2D eigenvalue weighted by atomic mass is 10.0. The van der Waals surface area contributed by atoms with Gasteiger partial charge in [-0.3, -0.25) is 4.79 Å².